The molecule has 0 spiro atoms. The number of nitrogens with zero attached hydrogens (tertiary/aromatic N) is 1. The van der Waals surface area contributed by atoms with Crippen LogP contribution in [0.3, 0.4) is 0 Å². The maximum atomic E-state index is 9.89. The second kappa shape index (κ2) is 4.42. The van der Waals surface area contributed by atoms with Gasteiger partial charge in [0, 0.05) is 6.54 Å². The maximum absolute atomic E-state index is 9.89. The Morgan fingerprint density at radius 1 is 1.33 bits per heavy atom. The summed E-state index contributed by atoms with van der Waals surface area (Å²) in [5, 5.41) is 9.89. The monoisotopic (exact) mass is 211 g/mol. The summed E-state index contributed by atoms with van der Waals surface area (Å²) in [6, 6.07) is 0. The maximum Gasteiger partial charge on any atom is 0.0695 e. The topological polar surface area (TPSA) is 23.5 Å². The van der Waals surface area contributed by atoms with E-state index in [1.54, 1.807) is 0 Å². The van der Waals surface area contributed by atoms with Crippen molar-refractivity contribution in [1.82, 2.24) is 4.90 Å². The van der Waals surface area contributed by atoms with Crippen molar-refractivity contribution < 1.29 is 5.11 Å². The minimum Gasteiger partial charge on any atom is -0.392 e. The van der Waals surface area contributed by atoms with Gasteiger partial charge in [-0.15, -0.1) is 0 Å². The third kappa shape index (κ3) is 2.94. The summed E-state index contributed by atoms with van der Waals surface area (Å²) in [4.78, 5) is 2.46. The van der Waals surface area contributed by atoms with Crippen LogP contribution in [0.15, 0.2) is 0 Å². The Morgan fingerprint density at radius 3 is 2.40 bits per heavy atom. The van der Waals surface area contributed by atoms with E-state index in [9.17, 15) is 5.11 Å². The lowest BCUT2D eigenvalue weighted by Crippen LogP contribution is -2.42. The molecule has 1 saturated carbocycles. The van der Waals surface area contributed by atoms with Crippen LogP contribution in [0.1, 0.15) is 46.0 Å². The number of β-amino-alcohol motifs (C(OH)–C–C–N with tert-alkyl or cyclic N) is 1. The molecule has 0 amide bonds. The van der Waals surface area contributed by atoms with Gasteiger partial charge in [0.05, 0.1) is 6.10 Å². The molecule has 0 aromatic heterocycles. The highest BCUT2D eigenvalue weighted by Gasteiger charge is 2.33. The van der Waals surface area contributed by atoms with Crippen LogP contribution in [0.25, 0.3) is 0 Å². The molecule has 2 rings (SSSR count). The van der Waals surface area contributed by atoms with Crippen molar-refractivity contribution in [2.45, 2.75) is 52.1 Å². The van der Waals surface area contributed by atoms with Gasteiger partial charge in [-0.1, -0.05) is 20.3 Å². The molecule has 2 heteroatoms. The lowest BCUT2D eigenvalue weighted by molar-refractivity contribution is 0.0536. The van der Waals surface area contributed by atoms with E-state index >= 15 is 0 Å². The normalized spacial score (nSPS) is 29.0. The predicted octanol–water partition coefficient (Wildman–Crippen LogP) is 2.27. The Morgan fingerprint density at radius 2 is 1.93 bits per heavy atom. The van der Waals surface area contributed by atoms with Crippen LogP contribution in [0.5, 0.6) is 0 Å². The summed E-state index contributed by atoms with van der Waals surface area (Å²) in [5.41, 5.74) is 0.570. The van der Waals surface area contributed by atoms with Crippen molar-refractivity contribution in [2.75, 3.05) is 19.6 Å². The number of hydrogen-bond acceptors (Lipinski definition) is 2. The van der Waals surface area contributed by atoms with Gasteiger partial charge in [0.25, 0.3) is 0 Å². The molecule has 1 aliphatic heterocycles. The Bertz CT molecular complexity index is 205. The first kappa shape index (κ1) is 11.4. The fourth-order valence-corrected chi connectivity index (χ4v) is 2.52. The lowest BCUT2D eigenvalue weighted by Gasteiger charge is -2.39. The van der Waals surface area contributed by atoms with Crippen LogP contribution in [0.4, 0.5) is 0 Å². The first-order valence-electron chi connectivity index (χ1n) is 6.53. The molecule has 15 heavy (non-hydrogen) atoms. The number of likely N-dealkylation sites (tertiary alicyclic amines) is 1. The van der Waals surface area contributed by atoms with Gasteiger partial charge in [-0.05, 0) is 50.1 Å². The van der Waals surface area contributed by atoms with Gasteiger partial charge in [0.1, 0.15) is 0 Å². The molecule has 1 aliphatic carbocycles. The van der Waals surface area contributed by atoms with Gasteiger partial charge in [0.15, 0.2) is 0 Å². The minimum absolute atomic E-state index is 0.0454. The predicted molar refractivity (Wildman–Crippen MR) is 62.8 cm³/mol. The fourth-order valence-electron chi connectivity index (χ4n) is 2.52. The Labute approximate surface area is 93.7 Å². The first-order valence-corrected chi connectivity index (χ1v) is 6.53. The van der Waals surface area contributed by atoms with E-state index in [1.807, 2.05) is 0 Å². The molecule has 2 nitrogen and oxygen atoms in total. The van der Waals surface area contributed by atoms with Crippen LogP contribution in [-0.4, -0.2) is 35.7 Å². The zero-order chi connectivity index (χ0) is 10.9. The molecule has 0 bridgehead atoms. The van der Waals surface area contributed by atoms with Crippen LogP contribution in [0, 0.1) is 11.3 Å². The van der Waals surface area contributed by atoms with E-state index in [2.05, 4.69) is 18.7 Å². The number of rotatable bonds is 4. The average molecular weight is 211 g/mol. The Kier molecular flexibility index (Phi) is 3.36. The van der Waals surface area contributed by atoms with Crippen molar-refractivity contribution in [1.29, 1.82) is 0 Å². The Balaban J connectivity index is 1.73. The number of aliphatic hydroxyl groups is 1. The fraction of sp³-hybridized carbons (Fsp3) is 1.00. The average Bonchev–Trinajstić information content (AvgIpc) is 3.05. The molecule has 0 aromatic rings. The summed E-state index contributed by atoms with van der Waals surface area (Å²) >= 11 is 0. The molecule has 2 aliphatic rings. The standard InChI is InChI=1S/C13H25NO/c1-3-13(2)6-8-14(9-7-13)10-12(15)11-4-5-11/h11-12,15H,3-10H2,1-2H3. The SMILES string of the molecule is CCC1(C)CCN(CC(O)C2CC2)CC1. The summed E-state index contributed by atoms with van der Waals surface area (Å²) in [6.07, 6.45) is 6.37. The molecule has 1 unspecified atom stereocenters. The molecule has 2 fully saturated rings. The molecular weight excluding hydrogens is 186 g/mol. The van der Waals surface area contributed by atoms with Crippen molar-refractivity contribution >= 4 is 0 Å². The first-order chi connectivity index (χ1) is 7.13. The van der Waals surface area contributed by atoms with E-state index in [-0.39, 0.29) is 6.10 Å². The van der Waals surface area contributed by atoms with Crippen LogP contribution in [0.2, 0.25) is 0 Å². The summed E-state index contributed by atoms with van der Waals surface area (Å²) in [5.74, 6) is 0.629. The van der Waals surface area contributed by atoms with E-state index < -0.39 is 0 Å². The van der Waals surface area contributed by atoms with Crippen LogP contribution < -0.4 is 0 Å². The van der Waals surface area contributed by atoms with Crippen molar-refractivity contribution in [3.05, 3.63) is 0 Å². The van der Waals surface area contributed by atoms with Gasteiger partial charge in [-0.2, -0.15) is 0 Å². The van der Waals surface area contributed by atoms with Gasteiger partial charge in [-0.3, -0.25) is 0 Å². The summed E-state index contributed by atoms with van der Waals surface area (Å²) < 4.78 is 0. The third-order valence-electron chi connectivity index (χ3n) is 4.53. The van der Waals surface area contributed by atoms with E-state index in [0.717, 1.165) is 6.54 Å². The Hall–Kier alpha value is -0.0800. The van der Waals surface area contributed by atoms with Gasteiger partial charge < -0.3 is 10.0 Å². The highest BCUT2D eigenvalue weighted by atomic mass is 16.3. The van der Waals surface area contributed by atoms with Crippen molar-refractivity contribution in [2.24, 2.45) is 11.3 Å². The summed E-state index contributed by atoms with van der Waals surface area (Å²) in [6.45, 7) is 8.00. The molecule has 1 saturated heterocycles. The van der Waals surface area contributed by atoms with E-state index in [1.165, 1.54) is 45.2 Å². The smallest absolute Gasteiger partial charge is 0.0695 e. The second-order valence-corrected chi connectivity index (χ2v) is 5.87. The summed E-state index contributed by atoms with van der Waals surface area (Å²) in [7, 11) is 0. The van der Waals surface area contributed by atoms with Crippen LogP contribution >= 0.6 is 0 Å². The molecule has 1 atom stereocenters. The molecule has 0 radical (unpaired) electrons. The number of hydrogen-bond donors (Lipinski definition) is 1. The number of aliphatic hydroxyl groups excluding tert-OH is 1. The van der Waals surface area contributed by atoms with Gasteiger partial charge >= 0.3 is 0 Å². The minimum atomic E-state index is -0.0454. The highest BCUT2D eigenvalue weighted by molar-refractivity contribution is 4.86. The largest absolute Gasteiger partial charge is 0.392 e. The van der Waals surface area contributed by atoms with Crippen molar-refractivity contribution in [3.63, 3.8) is 0 Å². The van der Waals surface area contributed by atoms with Gasteiger partial charge in [-0.25, -0.2) is 0 Å². The molecule has 1 N–H and O–H groups in total. The van der Waals surface area contributed by atoms with E-state index in [4.69, 9.17) is 0 Å². The molecule has 1 heterocycles. The zero-order valence-electron chi connectivity index (χ0n) is 10.2. The van der Waals surface area contributed by atoms with Gasteiger partial charge in [0.2, 0.25) is 0 Å². The van der Waals surface area contributed by atoms with E-state index in [0.29, 0.717) is 11.3 Å². The quantitative estimate of drug-likeness (QED) is 0.771. The third-order valence-corrected chi connectivity index (χ3v) is 4.53. The lowest BCUT2D eigenvalue weighted by atomic mass is 9.78. The van der Waals surface area contributed by atoms with Crippen molar-refractivity contribution in [3.8, 4) is 0 Å². The number of piperidine rings is 1. The zero-order valence-corrected chi connectivity index (χ0v) is 10.2. The molecule has 0 aromatic carbocycles. The molecule has 88 valence electrons. The highest BCUT2D eigenvalue weighted by Crippen LogP contribution is 2.36. The second-order valence-electron chi connectivity index (χ2n) is 5.87. The molecular formula is C13H25NO. The van der Waals surface area contributed by atoms with Crippen LogP contribution in [-0.2, 0) is 0 Å².